The van der Waals surface area contributed by atoms with E-state index in [0.29, 0.717) is 5.56 Å². The molecule has 0 saturated carbocycles. The van der Waals surface area contributed by atoms with E-state index in [1.165, 1.54) is 0 Å². The van der Waals surface area contributed by atoms with Gasteiger partial charge in [-0.25, -0.2) is 0 Å². The molecule has 0 aliphatic rings. The van der Waals surface area contributed by atoms with Crippen molar-refractivity contribution in [3.05, 3.63) is 60.3 Å². The summed E-state index contributed by atoms with van der Waals surface area (Å²) in [6, 6.07) is 15.0. The summed E-state index contributed by atoms with van der Waals surface area (Å²) in [6.45, 7) is 0. The summed E-state index contributed by atoms with van der Waals surface area (Å²) < 4.78 is 5.16. The molecule has 0 atom stereocenters. The minimum atomic E-state index is -0.119. The SMILES string of the molecule is CNC(=O)c1ccc2nccc(Nc3ccc(OC)cc3)c2c1. The summed E-state index contributed by atoms with van der Waals surface area (Å²) in [5.74, 6) is 0.684. The minimum absolute atomic E-state index is 0.119. The Labute approximate surface area is 134 Å². The first-order chi connectivity index (χ1) is 11.2. The van der Waals surface area contributed by atoms with E-state index in [2.05, 4.69) is 15.6 Å². The van der Waals surface area contributed by atoms with Crippen LogP contribution in [0.3, 0.4) is 0 Å². The van der Waals surface area contributed by atoms with E-state index < -0.39 is 0 Å². The van der Waals surface area contributed by atoms with Crippen molar-refractivity contribution >= 4 is 28.2 Å². The average molecular weight is 307 g/mol. The molecule has 0 unspecified atom stereocenters. The number of ether oxygens (including phenoxy) is 1. The molecule has 0 saturated heterocycles. The van der Waals surface area contributed by atoms with E-state index in [9.17, 15) is 4.79 Å². The van der Waals surface area contributed by atoms with Gasteiger partial charge in [-0.15, -0.1) is 0 Å². The quantitative estimate of drug-likeness (QED) is 0.776. The van der Waals surface area contributed by atoms with Crippen LogP contribution in [0.5, 0.6) is 5.75 Å². The lowest BCUT2D eigenvalue weighted by atomic mass is 10.1. The number of carbonyl (C=O) groups excluding carboxylic acids is 1. The number of carbonyl (C=O) groups is 1. The van der Waals surface area contributed by atoms with E-state index in [4.69, 9.17) is 4.74 Å². The third-order valence-electron chi connectivity index (χ3n) is 3.60. The number of methoxy groups -OCH3 is 1. The second-order valence-electron chi connectivity index (χ2n) is 5.02. The van der Waals surface area contributed by atoms with Gasteiger partial charge in [0.1, 0.15) is 5.75 Å². The number of fused-ring (bicyclic) bond motifs is 1. The Morgan fingerprint density at radius 2 is 1.87 bits per heavy atom. The number of rotatable bonds is 4. The summed E-state index contributed by atoms with van der Waals surface area (Å²) >= 11 is 0. The highest BCUT2D eigenvalue weighted by molar-refractivity contribution is 6.01. The predicted octanol–water partition coefficient (Wildman–Crippen LogP) is 3.35. The van der Waals surface area contributed by atoms with Gasteiger partial charge in [-0.3, -0.25) is 9.78 Å². The number of anilines is 2. The maximum Gasteiger partial charge on any atom is 0.251 e. The van der Waals surface area contributed by atoms with E-state index in [1.807, 2.05) is 42.5 Å². The monoisotopic (exact) mass is 307 g/mol. The number of benzene rings is 2. The number of amides is 1. The number of nitrogens with one attached hydrogen (secondary N) is 2. The molecule has 1 amide bonds. The van der Waals surface area contributed by atoms with Gasteiger partial charge in [0.2, 0.25) is 0 Å². The van der Waals surface area contributed by atoms with Crippen molar-refractivity contribution < 1.29 is 9.53 Å². The molecular formula is C18H17N3O2. The number of nitrogens with zero attached hydrogens (tertiary/aromatic N) is 1. The summed E-state index contributed by atoms with van der Waals surface area (Å²) in [7, 11) is 3.26. The summed E-state index contributed by atoms with van der Waals surface area (Å²) in [6.07, 6.45) is 1.74. The lowest BCUT2D eigenvalue weighted by Gasteiger charge is -2.11. The van der Waals surface area contributed by atoms with Crippen LogP contribution in [0.15, 0.2) is 54.7 Å². The molecule has 5 nitrogen and oxygen atoms in total. The van der Waals surface area contributed by atoms with Gasteiger partial charge in [0.15, 0.2) is 0 Å². The second kappa shape index (κ2) is 6.36. The van der Waals surface area contributed by atoms with Crippen LogP contribution in [0, 0.1) is 0 Å². The van der Waals surface area contributed by atoms with Gasteiger partial charge in [0.25, 0.3) is 5.91 Å². The third-order valence-corrected chi connectivity index (χ3v) is 3.60. The van der Waals surface area contributed by atoms with E-state index in [-0.39, 0.29) is 5.91 Å². The van der Waals surface area contributed by atoms with Gasteiger partial charge in [-0.05, 0) is 48.5 Å². The Hall–Kier alpha value is -3.08. The highest BCUT2D eigenvalue weighted by Crippen LogP contribution is 2.27. The molecule has 2 N–H and O–H groups in total. The molecule has 1 heterocycles. The number of pyridine rings is 1. The van der Waals surface area contributed by atoms with Crippen LogP contribution in [0.4, 0.5) is 11.4 Å². The van der Waals surface area contributed by atoms with Gasteiger partial charge in [0, 0.05) is 35.6 Å². The van der Waals surface area contributed by atoms with Gasteiger partial charge in [0.05, 0.1) is 12.6 Å². The van der Waals surface area contributed by atoms with Crippen LogP contribution >= 0.6 is 0 Å². The maximum atomic E-state index is 11.8. The van der Waals surface area contributed by atoms with Gasteiger partial charge < -0.3 is 15.4 Å². The fourth-order valence-corrected chi connectivity index (χ4v) is 2.37. The van der Waals surface area contributed by atoms with Gasteiger partial charge in [-0.1, -0.05) is 0 Å². The smallest absolute Gasteiger partial charge is 0.251 e. The zero-order valence-electron chi connectivity index (χ0n) is 13.0. The van der Waals surface area contributed by atoms with Crippen molar-refractivity contribution in [2.75, 3.05) is 19.5 Å². The fourth-order valence-electron chi connectivity index (χ4n) is 2.37. The molecule has 0 spiro atoms. The lowest BCUT2D eigenvalue weighted by Crippen LogP contribution is -2.17. The van der Waals surface area contributed by atoms with Crippen LogP contribution in [0.1, 0.15) is 10.4 Å². The average Bonchev–Trinajstić information content (AvgIpc) is 2.61. The number of aromatic nitrogens is 1. The molecule has 0 aliphatic carbocycles. The van der Waals surface area contributed by atoms with Crippen LogP contribution in [-0.4, -0.2) is 25.0 Å². The molecule has 3 rings (SSSR count). The van der Waals surface area contributed by atoms with Crippen molar-refractivity contribution in [1.29, 1.82) is 0 Å². The largest absolute Gasteiger partial charge is 0.497 e. The molecule has 0 radical (unpaired) electrons. The summed E-state index contributed by atoms with van der Waals surface area (Å²) in [4.78, 5) is 16.2. The molecule has 23 heavy (non-hydrogen) atoms. The molecular weight excluding hydrogens is 290 g/mol. The minimum Gasteiger partial charge on any atom is -0.497 e. The van der Waals surface area contributed by atoms with Crippen molar-refractivity contribution in [3.8, 4) is 5.75 Å². The van der Waals surface area contributed by atoms with Crippen molar-refractivity contribution in [2.45, 2.75) is 0 Å². The molecule has 0 fully saturated rings. The van der Waals surface area contributed by atoms with Crippen molar-refractivity contribution in [2.24, 2.45) is 0 Å². The first kappa shape index (κ1) is 14.8. The zero-order valence-corrected chi connectivity index (χ0v) is 13.0. The lowest BCUT2D eigenvalue weighted by molar-refractivity contribution is 0.0963. The maximum absolute atomic E-state index is 11.8. The second-order valence-corrected chi connectivity index (χ2v) is 5.02. The molecule has 0 aliphatic heterocycles. The van der Waals surface area contributed by atoms with Crippen LogP contribution in [0.25, 0.3) is 10.9 Å². The normalized spacial score (nSPS) is 10.3. The number of hydrogen-bond donors (Lipinski definition) is 2. The standard InChI is InChI=1S/C18H17N3O2/c1-19-18(22)12-3-8-16-15(11-12)17(9-10-20-16)21-13-4-6-14(23-2)7-5-13/h3-11H,1-2H3,(H,19,22)(H,20,21). The Morgan fingerprint density at radius 3 is 2.57 bits per heavy atom. The highest BCUT2D eigenvalue weighted by atomic mass is 16.5. The van der Waals surface area contributed by atoms with Crippen molar-refractivity contribution in [3.63, 3.8) is 0 Å². The Bertz CT molecular complexity index is 845. The molecule has 2 aromatic carbocycles. The zero-order chi connectivity index (χ0) is 16.2. The molecule has 3 aromatic rings. The Kier molecular flexibility index (Phi) is 4.10. The Balaban J connectivity index is 2.00. The first-order valence-electron chi connectivity index (χ1n) is 7.23. The topological polar surface area (TPSA) is 63.2 Å². The van der Waals surface area contributed by atoms with E-state index in [0.717, 1.165) is 28.0 Å². The van der Waals surface area contributed by atoms with Crippen molar-refractivity contribution in [1.82, 2.24) is 10.3 Å². The molecule has 0 bridgehead atoms. The Morgan fingerprint density at radius 1 is 1.09 bits per heavy atom. The predicted molar refractivity (Wildman–Crippen MR) is 91.4 cm³/mol. The summed E-state index contributed by atoms with van der Waals surface area (Å²) in [5.41, 5.74) is 3.26. The molecule has 116 valence electrons. The number of hydrogen-bond acceptors (Lipinski definition) is 4. The van der Waals surface area contributed by atoms with Crippen LogP contribution in [-0.2, 0) is 0 Å². The van der Waals surface area contributed by atoms with E-state index >= 15 is 0 Å². The molecule has 1 aromatic heterocycles. The van der Waals surface area contributed by atoms with Gasteiger partial charge in [-0.2, -0.15) is 0 Å². The summed E-state index contributed by atoms with van der Waals surface area (Å²) in [5, 5.41) is 6.88. The van der Waals surface area contributed by atoms with Gasteiger partial charge >= 0.3 is 0 Å². The molecule has 5 heteroatoms. The fraction of sp³-hybridized carbons (Fsp3) is 0.111. The third kappa shape index (κ3) is 3.08. The highest BCUT2D eigenvalue weighted by Gasteiger charge is 2.08. The first-order valence-corrected chi connectivity index (χ1v) is 7.23. The van der Waals surface area contributed by atoms with E-state index in [1.54, 1.807) is 26.4 Å². The van der Waals surface area contributed by atoms with Crippen LogP contribution in [0.2, 0.25) is 0 Å². The van der Waals surface area contributed by atoms with Crippen LogP contribution < -0.4 is 15.4 Å².